The molecule has 0 saturated heterocycles. The minimum atomic E-state index is 0. The Morgan fingerprint density at radius 2 is 1.69 bits per heavy atom. The summed E-state index contributed by atoms with van der Waals surface area (Å²) in [4.78, 5) is 10.1. The first-order chi connectivity index (χ1) is 7.31. The van der Waals surface area contributed by atoms with Gasteiger partial charge in [0.15, 0.2) is 0 Å². The number of carbonyl (C=O) groups is 1. The molecule has 0 aliphatic rings. The number of unbranched alkanes of at least 4 members (excludes halogenated alkanes) is 3. The fraction of sp³-hybridized carbons (Fsp3) is 0.769. The van der Waals surface area contributed by atoms with Gasteiger partial charge in [0.25, 0.3) is 0 Å². The SMILES string of the molecule is [CH2-]C.[CH2-]C(CCCC=O)CCCCCN.[Y]. The zero-order valence-electron chi connectivity index (χ0n) is 10.8. The number of carbonyl (C=O) groups excluding carboxylic acids is 1. The maximum atomic E-state index is 10.1. The Morgan fingerprint density at radius 3 is 2.19 bits per heavy atom. The molecule has 0 heterocycles. The molecule has 0 aromatic heterocycles. The Balaban J connectivity index is -0.000000529. The minimum Gasteiger partial charge on any atom is -0.346 e. The fourth-order valence-electron chi connectivity index (χ4n) is 1.39. The third-order valence-corrected chi connectivity index (χ3v) is 2.25. The fourth-order valence-corrected chi connectivity index (χ4v) is 1.39. The van der Waals surface area contributed by atoms with Crippen LogP contribution in [0, 0.1) is 19.8 Å². The quantitative estimate of drug-likeness (QED) is 0.404. The molecule has 0 fully saturated rings. The summed E-state index contributed by atoms with van der Waals surface area (Å²) in [5.74, 6) is 0.526. The number of hydrogen-bond donors (Lipinski definition) is 1. The Bertz CT molecular complexity index is 121. The van der Waals surface area contributed by atoms with Gasteiger partial charge in [0.1, 0.15) is 6.29 Å². The van der Waals surface area contributed by atoms with Gasteiger partial charge in [-0.05, 0) is 19.4 Å². The summed E-state index contributed by atoms with van der Waals surface area (Å²) in [5, 5.41) is 0. The molecule has 1 unspecified atom stereocenters. The molecule has 16 heavy (non-hydrogen) atoms. The van der Waals surface area contributed by atoms with Crippen LogP contribution in [0.15, 0.2) is 0 Å². The molecule has 0 saturated carbocycles. The zero-order valence-corrected chi connectivity index (χ0v) is 13.6. The first-order valence-electron chi connectivity index (χ1n) is 5.98. The van der Waals surface area contributed by atoms with Crippen LogP contribution in [0.4, 0.5) is 0 Å². The third kappa shape index (κ3) is 20.2. The summed E-state index contributed by atoms with van der Waals surface area (Å²) in [6, 6.07) is 0. The van der Waals surface area contributed by atoms with Crippen LogP contribution in [-0.2, 0) is 37.5 Å². The molecule has 1 atom stereocenters. The van der Waals surface area contributed by atoms with Gasteiger partial charge in [0, 0.05) is 39.1 Å². The van der Waals surface area contributed by atoms with E-state index in [1.807, 2.05) is 0 Å². The molecule has 1 radical (unpaired) electrons. The molecule has 2 nitrogen and oxygen atoms in total. The molecule has 95 valence electrons. The molecule has 0 aromatic rings. The van der Waals surface area contributed by atoms with Gasteiger partial charge >= 0.3 is 0 Å². The third-order valence-electron chi connectivity index (χ3n) is 2.25. The van der Waals surface area contributed by atoms with E-state index in [4.69, 9.17) is 5.73 Å². The van der Waals surface area contributed by atoms with Crippen LogP contribution < -0.4 is 5.73 Å². The molecule has 0 spiro atoms. The van der Waals surface area contributed by atoms with Crippen molar-refractivity contribution < 1.29 is 37.5 Å². The average Bonchev–Trinajstić information content (AvgIpc) is 2.28. The Kier molecular flexibility index (Phi) is 28.9. The predicted molar refractivity (Wildman–Crippen MR) is 67.3 cm³/mol. The second kappa shape index (κ2) is 21.1. The van der Waals surface area contributed by atoms with Crippen molar-refractivity contribution in [3.8, 4) is 0 Å². The summed E-state index contributed by atoms with van der Waals surface area (Å²) < 4.78 is 0. The molecule has 0 aliphatic heterocycles. The van der Waals surface area contributed by atoms with Gasteiger partial charge in [-0.25, -0.2) is 0 Å². The summed E-state index contributed by atoms with van der Waals surface area (Å²) in [6.07, 6.45) is 8.51. The van der Waals surface area contributed by atoms with Crippen LogP contribution >= 0.6 is 0 Å². The van der Waals surface area contributed by atoms with Crippen molar-refractivity contribution in [2.45, 2.75) is 51.9 Å². The molecule has 3 heteroatoms. The van der Waals surface area contributed by atoms with Gasteiger partial charge in [-0.2, -0.15) is 12.8 Å². The first kappa shape index (κ1) is 22.0. The van der Waals surface area contributed by atoms with E-state index in [9.17, 15) is 4.79 Å². The molecule has 0 rings (SSSR count). The summed E-state index contributed by atoms with van der Waals surface area (Å²) >= 11 is 0. The monoisotopic (exact) mass is 302 g/mol. The van der Waals surface area contributed by atoms with E-state index in [0.29, 0.717) is 12.3 Å². The normalized spacial score (nSPS) is 10.8. The van der Waals surface area contributed by atoms with Crippen molar-refractivity contribution in [2.75, 3.05) is 6.54 Å². The molecule has 0 aromatic carbocycles. The minimum absolute atomic E-state index is 0. The van der Waals surface area contributed by atoms with Gasteiger partial charge < -0.3 is 24.4 Å². The van der Waals surface area contributed by atoms with E-state index in [2.05, 4.69) is 13.8 Å². The van der Waals surface area contributed by atoms with E-state index in [-0.39, 0.29) is 32.7 Å². The Labute approximate surface area is 127 Å². The van der Waals surface area contributed by atoms with Crippen LogP contribution in [0.5, 0.6) is 0 Å². The Morgan fingerprint density at radius 1 is 1.12 bits per heavy atom. The van der Waals surface area contributed by atoms with E-state index in [1.54, 1.807) is 6.92 Å². The predicted octanol–water partition coefficient (Wildman–Crippen LogP) is 3.16. The standard InChI is InChI=1S/C11H22NO.C2H5.Y/c1-11(8-4-6-10-13)7-3-2-5-9-12;1-2;/h10-11H,1-9,12H2;1H2,2H3;/q2*-1;. The molecule has 0 aliphatic carbocycles. The van der Waals surface area contributed by atoms with Gasteiger partial charge in [-0.3, -0.25) is 0 Å². The van der Waals surface area contributed by atoms with Crippen molar-refractivity contribution >= 4 is 6.29 Å². The first-order valence-corrected chi connectivity index (χ1v) is 5.98. The maximum absolute atomic E-state index is 10.1. The second-order valence-electron chi connectivity index (χ2n) is 3.60. The molecule has 0 bridgehead atoms. The molecule has 0 amide bonds. The topological polar surface area (TPSA) is 43.1 Å². The zero-order chi connectivity index (χ0) is 11.9. The number of aldehydes is 1. The van der Waals surface area contributed by atoms with Crippen LogP contribution in [0.3, 0.4) is 0 Å². The number of nitrogens with two attached hydrogens (primary N) is 1. The van der Waals surface area contributed by atoms with Crippen molar-refractivity contribution in [2.24, 2.45) is 11.7 Å². The summed E-state index contributed by atoms with van der Waals surface area (Å²) in [5.41, 5.74) is 5.39. The average molecular weight is 302 g/mol. The van der Waals surface area contributed by atoms with Crippen molar-refractivity contribution in [1.29, 1.82) is 0 Å². The molecule has 2 N–H and O–H groups in total. The number of rotatable bonds is 9. The van der Waals surface area contributed by atoms with E-state index < -0.39 is 0 Å². The van der Waals surface area contributed by atoms with E-state index in [0.717, 1.165) is 32.1 Å². The summed E-state index contributed by atoms with van der Waals surface area (Å²) in [7, 11) is 0. The number of hydrogen-bond acceptors (Lipinski definition) is 2. The van der Waals surface area contributed by atoms with E-state index >= 15 is 0 Å². The van der Waals surface area contributed by atoms with Crippen LogP contribution in [0.2, 0.25) is 0 Å². The van der Waals surface area contributed by atoms with E-state index in [1.165, 1.54) is 19.3 Å². The Hall–Kier alpha value is 0.734. The van der Waals surface area contributed by atoms with Crippen LogP contribution in [0.25, 0.3) is 0 Å². The van der Waals surface area contributed by atoms with Gasteiger partial charge in [-0.1, -0.05) is 25.7 Å². The largest absolute Gasteiger partial charge is 0.346 e. The van der Waals surface area contributed by atoms with Crippen LogP contribution in [-0.4, -0.2) is 12.8 Å². The van der Waals surface area contributed by atoms with Gasteiger partial charge in [0.2, 0.25) is 0 Å². The second-order valence-corrected chi connectivity index (χ2v) is 3.60. The van der Waals surface area contributed by atoms with Gasteiger partial charge in [-0.15, -0.1) is 0 Å². The van der Waals surface area contributed by atoms with Crippen molar-refractivity contribution in [3.63, 3.8) is 0 Å². The molecular formula is C13H27NOY-2. The smallest absolute Gasteiger partial charge is 0.119 e. The van der Waals surface area contributed by atoms with Crippen LogP contribution in [0.1, 0.15) is 51.9 Å². The maximum Gasteiger partial charge on any atom is 0.119 e. The van der Waals surface area contributed by atoms with Crippen molar-refractivity contribution in [1.82, 2.24) is 0 Å². The summed E-state index contributed by atoms with van der Waals surface area (Å²) in [6.45, 7) is 9.86. The van der Waals surface area contributed by atoms with Gasteiger partial charge in [0.05, 0.1) is 0 Å². The molecular weight excluding hydrogens is 275 g/mol. The van der Waals surface area contributed by atoms with Crippen molar-refractivity contribution in [3.05, 3.63) is 13.8 Å².